The van der Waals surface area contributed by atoms with Crippen molar-refractivity contribution in [2.75, 3.05) is 0 Å². The van der Waals surface area contributed by atoms with Gasteiger partial charge in [0, 0.05) is 6.04 Å². The molecule has 2 N–H and O–H groups in total. The lowest BCUT2D eigenvalue weighted by molar-refractivity contribution is -0.191. The SMILES string of the molecule is C[C@@H](N[C@H](C(=O)OC(C)(C)C)C12CC3CC(CC(O)(C3)C1)C2)c1ccccc1. The van der Waals surface area contributed by atoms with Gasteiger partial charge in [-0.2, -0.15) is 0 Å². The van der Waals surface area contributed by atoms with E-state index in [-0.39, 0.29) is 23.5 Å². The van der Waals surface area contributed by atoms with Crippen LogP contribution in [0.3, 0.4) is 0 Å². The summed E-state index contributed by atoms with van der Waals surface area (Å²) in [5.74, 6) is 0.899. The highest BCUT2D eigenvalue weighted by Gasteiger charge is 2.61. The summed E-state index contributed by atoms with van der Waals surface area (Å²) in [6.45, 7) is 7.89. The van der Waals surface area contributed by atoms with Gasteiger partial charge in [-0.15, -0.1) is 0 Å². The van der Waals surface area contributed by atoms with E-state index in [9.17, 15) is 9.90 Å². The quantitative estimate of drug-likeness (QED) is 0.739. The second-order valence-electron chi connectivity index (χ2n) is 10.8. The molecule has 0 saturated heterocycles. The number of aliphatic hydroxyl groups is 1. The third-order valence-electron chi connectivity index (χ3n) is 7.05. The van der Waals surface area contributed by atoms with E-state index in [1.54, 1.807) is 0 Å². The Morgan fingerprint density at radius 3 is 2.29 bits per heavy atom. The summed E-state index contributed by atoms with van der Waals surface area (Å²) in [6.07, 6.45) is 5.76. The summed E-state index contributed by atoms with van der Waals surface area (Å²) >= 11 is 0. The van der Waals surface area contributed by atoms with Crippen molar-refractivity contribution in [1.82, 2.24) is 5.32 Å². The van der Waals surface area contributed by atoms with Crippen LogP contribution >= 0.6 is 0 Å². The van der Waals surface area contributed by atoms with Crippen molar-refractivity contribution in [3.8, 4) is 0 Å². The van der Waals surface area contributed by atoms with Crippen LogP contribution < -0.4 is 5.32 Å². The highest BCUT2D eigenvalue weighted by Crippen LogP contribution is 2.63. The molecule has 0 spiro atoms. The fourth-order valence-electron chi connectivity index (χ4n) is 6.57. The zero-order chi connectivity index (χ0) is 20.2. The molecule has 4 bridgehead atoms. The maximum Gasteiger partial charge on any atom is 0.324 e. The van der Waals surface area contributed by atoms with Gasteiger partial charge in [0.2, 0.25) is 0 Å². The predicted octanol–water partition coefficient (Wildman–Crippen LogP) is 4.38. The van der Waals surface area contributed by atoms with Crippen molar-refractivity contribution in [3.63, 3.8) is 0 Å². The number of hydrogen-bond acceptors (Lipinski definition) is 4. The van der Waals surface area contributed by atoms with E-state index in [4.69, 9.17) is 4.74 Å². The van der Waals surface area contributed by atoms with Crippen LogP contribution in [-0.2, 0) is 9.53 Å². The Balaban J connectivity index is 1.64. The molecule has 4 fully saturated rings. The number of esters is 1. The fourth-order valence-corrected chi connectivity index (χ4v) is 6.57. The second-order valence-corrected chi connectivity index (χ2v) is 10.8. The van der Waals surface area contributed by atoms with Gasteiger partial charge in [-0.25, -0.2) is 0 Å². The average molecular weight is 386 g/mol. The standard InChI is InChI=1S/C24H35NO3/c1-16(19-8-6-5-7-9-19)25-20(21(26)28-22(2,3)4)23-11-17-10-18(12-23)14-24(27,13-17)15-23/h5-9,16-18,20,25,27H,10-15H2,1-4H3/t16-,17?,18?,20-,23?,24?/m1/s1. The zero-order valence-corrected chi connectivity index (χ0v) is 17.7. The largest absolute Gasteiger partial charge is 0.459 e. The molecule has 0 aliphatic heterocycles. The van der Waals surface area contributed by atoms with Gasteiger partial charge in [0.15, 0.2) is 0 Å². The van der Waals surface area contributed by atoms with Gasteiger partial charge in [-0.3, -0.25) is 10.1 Å². The Labute approximate surface area is 169 Å². The lowest BCUT2D eigenvalue weighted by Gasteiger charge is -2.62. The minimum Gasteiger partial charge on any atom is -0.459 e. The van der Waals surface area contributed by atoms with E-state index < -0.39 is 11.2 Å². The van der Waals surface area contributed by atoms with Crippen molar-refractivity contribution in [3.05, 3.63) is 35.9 Å². The number of ether oxygens (including phenoxy) is 1. The third-order valence-corrected chi connectivity index (χ3v) is 7.05. The van der Waals surface area contributed by atoms with E-state index >= 15 is 0 Å². The predicted molar refractivity (Wildman–Crippen MR) is 110 cm³/mol. The lowest BCUT2D eigenvalue weighted by atomic mass is 9.46. The molecule has 0 aromatic heterocycles. The first kappa shape index (κ1) is 19.9. The molecule has 4 aliphatic rings. The van der Waals surface area contributed by atoms with Gasteiger partial charge in [-0.1, -0.05) is 30.3 Å². The molecule has 0 heterocycles. The molecule has 0 amide bonds. The number of rotatable bonds is 5. The summed E-state index contributed by atoms with van der Waals surface area (Å²) in [6, 6.07) is 9.91. The number of hydrogen-bond donors (Lipinski definition) is 2. The van der Waals surface area contributed by atoms with Crippen LogP contribution in [0.4, 0.5) is 0 Å². The maximum absolute atomic E-state index is 13.4. The molecular formula is C24H35NO3. The number of carbonyl (C=O) groups excluding carboxylic acids is 1. The van der Waals surface area contributed by atoms with Crippen molar-refractivity contribution in [2.45, 2.75) is 89.5 Å². The minimum absolute atomic E-state index is 0.0429. The topological polar surface area (TPSA) is 58.6 Å². The van der Waals surface area contributed by atoms with Gasteiger partial charge < -0.3 is 9.84 Å². The minimum atomic E-state index is -0.595. The highest BCUT2D eigenvalue weighted by atomic mass is 16.6. The van der Waals surface area contributed by atoms with Crippen LogP contribution in [0.5, 0.6) is 0 Å². The molecule has 5 rings (SSSR count). The van der Waals surface area contributed by atoms with Gasteiger partial charge in [0.1, 0.15) is 11.6 Å². The normalized spacial score (nSPS) is 36.2. The molecule has 4 heteroatoms. The number of nitrogens with one attached hydrogen (secondary N) is 1. The fraction of sp³-hybridized carbons (Fsp3) is 0.708. The Bertz CT molecular complexity index is 709. The molecule has 2 unspecified atom stereocenters. The van der Waals surface area contributed by atoms with Crippen LogP contribution in [0.25, 0.3) is 0 Å². The maximum atomic E-state index is 13.4. The smallest absolute Gasteiger partial charge is 0.324 e. The molecule has 4 atom stereocenters. The molecule has 154 valence electrons. The van der Waals surface area contributed by atoms with Crippen molar-refractivity contribution >= 4 is 5.97 Å². The van der Waals surface area contributed by atoms with Crippen LogP contribution in [0.15, 0.2) is 30.3 Å². The molecule has 28 heavy (non-hydrogen) atoms. The summed E-state index contributed by atoms with van der Waals surface area (Å²) in [5.41, 5.74) is -0.155. The summed E-state index contributed by atoms with van der Waals surface area (Å²) in [5, 5.41) is 14.8. The molecule has 4 nitrogen and oxygen atoms in total. The van der Waals surface area contributed by atoms with Crippen LogP contribution in [-0.4, -0.2) is 28.3 Å². The summed E-state index contributed by atoms with van der Waals surface area (Å²) in [4.78, 5) is 13.4. The molecule has 0 radical (unpaired) electrons. The lowest BCUT2D eigenvalue weighted by Crippen LogP contribution is -2.64. The average Bonchev–Trinajstić information content (AvgIpc) is 2.56. The first-order valence-corrected chi connectivity index (χ1v) is 10.8. The second kappa shape index (κ2) is 6.84. The van der Waals surface area contributed by atoms with Crippen LogP contribution in [0.1, 0.15) is 77.8 Å². The van der Waals surface area contributed by atoms with E-state index in [0.717, 1.165) is 25.7 Å². The van der Waals surface area contributed by atoms with E-state index in [1.807, 2.05) is 39.0 Å². The number of benzene rings is 1. The Morgan fingerprint density at radius 1 is 1.14 bits per heavy atom. The highest BCUT2D eigenvalue weighted by molar-refractivity contribution is 5.77. The van der Waals surface area contributed by atoms with Crippen molar-refractivity contribution < 1.29 is 14.6 Å². The van der Waals surface area contributed by atoms with E-state index in [0.29, 0.717) is 18.3 Å². The van der Waals surface area contributed by atoms with Gasteiger partial charge in [0.05, 0.1) is 5.60 Å². The Hall–Kier alpha value is -1.39. The molecule has 1 aromatic carbocycles. The summed E-state index contributed by atoms with van der Waals surface area (Å²) in [7, 11) is 0. The van der Waals surface area contributed by atoms with Crippen molar-refractivity contribution in [1.29, 1.82) is 0 Å². The third kappa shape index (κ3) is 3.86. The van der Waals surface area contributed by atoms with Gasteiger partial charge >= 0.3 is 5.97 Å². The summed E-state index contributed by atoms with van der Waals surface area (Å²) < 4.78 is 5.88. The van der Waals surface area contributed by atoms with Crippen LogP contribution in [0.2, 0.25) is 0 Å². The van der Waals surface area contributed by atoms with Crippen LogP contribution in [0, 0.1) is 17.3 Å². The Kier molecular flexibility index (Phi) is 4.86. The zero-order valence-electron chi connectivity index (χ0n) is 17.7. The molecular weight excluding hydrogens is 350 g/mol. The first-order chi connectivity index (χ1) is 13.1. The van der Waals surface area contributed by atoms with Crippen molar-refractivity contribution in [2.24, 2.45) is 17.3 Å². The number of carbonyl (C=O) groups is 1. The van der Waals surface area contributed by atoms with E-state index in [1.165, 1.54) is 12.0 Å². The van der Waals surface area contributed by atoms with Gasteiger partial charge in [-0.05, 0) is 89.0 Å². The Morgan fingerprint density at radius 2 is 1.75 bits per heavy atom. The first-order valence-electron chi connectivity index (χ1n) is 10.8. The van der Waals surface area contributed by atoms with E-state index in [2.05, 4.69) is 24.4 Å². The molecule has 4 saturated carbocycles. The van der Waals surface area contributed by atoms with Gasteiger partial charge in [0.25, 0.3) is 0 Å². The molecule has 4 aliphatic carbocycles. The monoisotopic (exact) mass is 385 g/mol. The molecule has 1 aromatic rings.